The van der Waals surface area contributed by atoms with E-state index in [0.29, 0.717) is 30.5 Å². The highest BCUT2D eigenvalue weighted by Crippen LogP contribution is 2.27. The molecule has 0 spiro atoms. The van der Waals surface area contributed by atoms with Crippen molar-refractivity contribution in [1.29, 1.82) is 5.26 Å². The van der Waals surface area contributed by atoms with Crippen molar-refractivity contribution < 1.29 is 22.7 Å². The number of Topliss-reactive ketones (excluding diaryl/α,β-unsaturated/α-hetero) is 1. The summed E-state index contributed by atoms with van der Waals surface area (Å²) >= 11 is 0. The summed E-state index contributed by atoms with van der Waals surface area (Å²) in [6.45, 7) is 1.88. The van der Waals surface area contributed by atoms with Crippen LogP contribution in [0.25, 0.3) is 0 Å². The maximum Gasteiger partial charge on any atom is 0.434 e. The second-order valence-corrected chi connectivity index (χ2v) is 5.98. The Labute approximate surface area is 153 Å². The van der Waals surface area contributed by atoms with Crippen molar-refractivity contribution in [2.24, 2.45) is 0 Å². The van der Waals surface area contributed by atoms with Crippen LogP contribution < -0.4 is 5.32 Å². The van der Waals surface area contributed by atoms with E-state index < -0.39 is 17.7 Å². The molecule has 1 atom stereocenters. The number of morpholine rings is 1. The molecule has 0 amide bonds. The van der Waals surface area contributed by atoms with Crippen molar-refractivity contribution in [2.45, 2.75) is 18.7 Å². The zero-order valence-electron chi connectivity index (χ0n) is 14.1. The quantitative estimate of drug-likeness (QED) is 0.825. The molecule has 1 aromatic carbocycles. The summed E-state index contributed by atoms with van der Waals surface area (Å²) in [4.78, 5) is 19.0. The third-order valence-electron chi connectivity index (χ3n) is 4.11. The number of benzene rings is 1. The van der Waals surface area contributed by atoms with Gasteiger partial charge in [-0.05, 0) is 17.2 Å². The van der Waals surface area contributed by atoms with E-state index in [4.69, 9.17) is 4.74 Å². The summed E-state index contributed by atoms with van der Waals surface area (Å²) in [7, 11) is 0. The van der Waals surface area contributed by atoms with Crippen molar-refractivity contribution >= 4 is 5.78 Å². The summed E-state index contributed by atoms with van der Waals surface area (Å²) in [5.41, 5.74) is 0.371. The molecule has 0 saturated carbocycles. The molecule has 3 rings (SSSR count). The fourth-order valence-corrected chi connectivity index (χ4v) is 2.75. The number of nitrogens with one attached hydrogen (secondary N) is 1. The number of hydrogen-bond donors (Lipinski definition) is 1. The fourth-order valence-electron chi connectivity index (χ4n) is 2.75. The summed E-state index contributed by atoms with van der Waals surface area (Å²) in [5.74, 6) is -0.483. The molecular weight excluding hydrogens is 361 g/mol. The first-order valence-corrected chi connectivity index (χ1v) is 8.16. The fraction of sp³-hybridized carbons (Fsp3) is 0.333. The van der Waals surface area contributed by atoms with Crippen molar-refractivity contribution in [2.75, 3.05) is 19.7 Å². The Balaban J connectivity index is 1.75. The SMILES string of the molecule is N#Cc1cc(CC(=O)c2cnc(C(F)(F)F)cn2)ccc1[C@H]1CNCCO1. The van der Waals surface area contributed by atoms with E-state index in [9.17, 15) is 23.2 Å². The van der Waals surface area contributed by atoms with Crippen LogP contribution in [0.3, 0.4) is 0 Å². The minimum Gasteiger partial charge on any atom is -0.371 e. The monoisotopic (exact) mass is 376 g/mol. The van der Waals surface area contributed by atoms with Crippen LogP contribution >= 0.6 is 0 Å². The number of rotatable bonds is 4. The molecule has 1 saturated heterocycles. The maximum absolute atomic E-state index is 12.5. The topological polar surface area (TPSA) is 87.9 Å². The number of nitrogens with zero attached hydrogens (tertiary/aromatic N) is 3. The lowest BCUT2D eigenvalue weighted by atomic mass is 9.97. The van der Waals surface area contributed by atoms with Gasteiger partial charge in [-0.1, -0.05) is 12.1 Å². The van der Waals surface area contributed by atoms with E-state index in [1.54, 1.807) is 18.2 Å². The molecule has 2 aromatic rings. The largest absolute Gasteiger partial charge is 0.434 e. The number of halogens is 3. The van der Waals surface area contributed by atoms with Gasteiger partial charge in [0.05, 0.1) is 36.7 Å². The number of hydrogen-bond acceptors (Lipinski definition) is 6. The molecule has 1 aliphatic heterocycles. The molecule has 0 unspecified atom stereocenters. The van der Waals surface area contributed by atoms with Gasteiger partial charge in [0.2, 0.25) is 0 Å². The average molecular weight is 376 g/mol. The molecule has 1 fully saturated rings. The normalized spacial score (nSPS) is 17.3. The van der Waals surface area contributed by atoms with Crippen molar-refractivity contribution in [1.82, 2.24) is 15.3 Å². The number of aromatic nitrogens is 2. The lowest BCUT2D eigenvalue weighted by Crippen LogP contribution is -2.33. The van der Waals surface area contributed by atoms with Crippen LogP contribution in [0, 0.1) is 11.3 Å². The van der Waals surface area contributed by atoms with Gasteiger partial charge in [0.1, 0.15) is 5.69 Å². The molecule has 1 aliphatic rings. The predicted molar refractivity (Wildman–Crippen MR) is 87.8 cm³/mol. The Morgan fingerprint density at radius 2 is 2.15 bits per heavy atom. The summed E-state index contributed by atoms with van der Waals surface area (Å²) in [6.07, 6.45) is -3.60. The van der Waals surface area contributed by atoms with Gasteiger partial charge in [-0.2, -0.15) is 18.4 Å². The zero-order valence-corrected chi connectivity index (χ0v) is 14.1. The molecule has 2 heterocycles. The van der Waals surface area contributed by atoms with E-state index >= 15 is 0 Å². The molecule has 0 aliphatic carbocycles. The minimum absolute atomic E-state index is 0.0984. The van der Waals surface area contributed by atoms with E-state index in [1.165, 1.54) is 0 Å². The molecular formula is C18H15F3N4O2. The minimum atomic E-state index is -4.61. The third kappa shape index (κ3) is 4.48. The van der Waals surface area contributed by atoms with Crippen LogP contribution in [0.5, 0.6) is 0 Å². The van der Waals surface area contributed by atoms with Crippen molar-refractivity contribution in [3.05, 3.63) is 58.7 Å². The first-order chi connectivity index (χ1) is 12.9. The highest BCUT2D eigenvalue weighted by molar-refractivity contribution is 5.95. The molecule has 1 aromatic heterocycles. The molecule has 1 N–H and O–H groups in total. The number of ketones is 1. The van der Waals surface area contributed by atoms with Gasteiger partial charge >= 0.3 is 6.18 Å². The van der Waals surface area contributed by atoms with Crippen LogP contribution in [0.4, 0.5) is 13.2 Å². The molecule has 0 radical (unpaired) electrons. The summed E-state index contributed by atoms with van der Waals surface area (Å²) in [5, 5.41) is 12.6. The van der Waals surface area contributed by atoms with Gasteiger partial charge in [0.25, 0.3) is 0 Å². The first-order valence-electron chi connectivity index (χ1n) is 8.16. The number of ether oxygens (including phenoxy) is 1. The number of carbonyl (C=O) groups is 1. The van der Waals surface area contributed by atoms with Crippen molar-refractivity contribution in [3.8, 4) is 6.07 Å². The molecule has 9 heteroatoms. The van der Waals surface area contributed by atoms with Gasteiger partial charge in [0.15, 0.2) is 11.5 Å². The average Bonchev–Trinajstić information content (AvgIpc) is 2.68. The number of nitriles is 1. The van der Waals surface area contributed by atoms with Crippen LogP contribution in [0.15, 0.2) is 30.6 Å². The first kappa shape index (κ1) is 18.9. The Bertz CT molecular complexity index is 870. The summed E-state index contributed by atoms with van der Waals surface area (Å²) in [6, 6.07) is 7.12. The van der Waals surface area contributed by atoms with E-state index in [2.05, 4.69) is 21.4 Å². The predicted octanol–water partition coefficient (Wildman–Crippen LogP) is 2.45. The molecule has 6 nitrogen and oxygen atoms in total. The summed E-state index contributed by atoms with van der Waals surface area (Å²) < 4.78 is 43.2. The molecule has 27 heavy (non-hydrogen) atoms. The number of alkyl halides is 3. The van der Waals surface area contributed by atoms with E-state index in [1.807, 2.05) is 0 Å². The van der Waals surface area contributed by atoms with Crippen LogP contribution in [-0.4, -0.2) is 35.4 Å². The van der Waals surface area contributed by atoms with Gasteiger partial charge < -0.3 is 10.1 Å². The third-order valence-corrected chi connectivity index (χ3v) is 4.11. The molecule has 0 bridgehead atoms. The highest BCUT2D eigenvalue weighted by Gasteiger charge is 2.33. The van der Waals surface area contributed by atoms with Crippen molar-refractivity contribution in [3.63, 3.8) is 0 Å². The maximum atomic E-state index is 12.5. The van der Waals surface area contributed by atoms with Gasteiger partial charge in [-0.3, -0.25) is 4.79 Å². The van der Waals surface area contributed by atoms with Gasteiger partial charge in [-0.25, -0.2) is 9.97 Å². The Morgan fingerprint density at radius 1 is 1.33 bits per heavy atom. The zero-order chi connectivity index (χ0) is 19.4. The molecule has 140 valence electrons. The van der Waals surface area contributed by atoms with E-state index in [0.717, 1.165) is 18.3 Å². The van der Waals surface area contributed by atoms with Crippen LogP contribution in [0.1, 0.15) is 39.0 Å². The smallest absolute Gasteiger partial charge is 0.371 e. The Hall–Kier alpha value is -2.83. The Kier molecular flexibility index (Phi) is 5.48. The van der Waals surface area contributed by atoms with Gasteiger partial charge in [0, 0.05) is 19.5 Å². The van der Waals surface area contributed by atoms with Crippen LogP contribution in [0.2, 0.25) is 0 Å². The lowest BCUT2D eigenvalue weighted by molar-refractivity contribution is -0.141. The van der Waals surface area contributed by atoms with Crippen LogP contribution in [-0.2, 0) is 17.3 Å². The highest BCUT2D eigenvalue weighted by atomic mass is 19.4. The second kappa shape index (κ2) is 7.82. The van der Waals surface area contributed by atoms with E-state index in [-0.39, 0.29) is 18.2 Å². The number of carbonyl (C=O) groups excluding carboxylic acids is 1. The Morgan fingerprint density at radius 3 is 2.74 bits per heavy atom. The standard InChI is InChI=1S/C18H15F3N4O2/c19-18(20,21)17-10-24-14(8-25-17)15(26)6-11-1-2-13(12(5-11)7-22)16-9-23-3-4-27-16/h1-2,5,8,10,16,23H,3-4,6,9H2/t16-/m1/s1. The lowest BCUT2D eigenvalue weighted by Gasteiger charge is -2.24. The second-order valence-electron chi connectivity index (χ2n) is 5.98. The van der Waals surface area contributed by atoms with Gasteiger partial charge in [-0.15, -0.1) is 0 Å².